The van der Waals surface area contributed by atoms with Crippen LogP contribution >= 0.6 is 0 Å². The summed E-state index contributed by atoms with van der Waals surface area (Å²) in [6, 6.07) is 0. The van der Waals surface area contributed by atoms with E-state index in [1.54, 1.807) is 4.90 Å². The van der Waals surface area contributed by atoms with Crippen molar-refractivity contribution in [1.82, 2.24) is 10.2 Å². The Morgan fingerprint density at radius 3 is 2.27 bits per heavy atom. The number of hydrogen-bond donors (Lipinski definition) is 1. The molecule has 0 aromatic rings. The Labute approximate surface area is 159 Å². The van der Waals surface area contributed by atoms with Gasteiger partial charge < -0.3 is 14.5 Å². The van der Waals surface area contributed by atoms with Crippen LogP contribution in [0, 0.1) is 17.3 Å². The lowest BCUT2D eigenvalue weighted by molar-refractivity contribution is -0.141. The van der Waals surface area contributed by atoms with Crippen molar-refractivity contribution in [2.45, 2.75) is 78.8 Å². The summed E-state index contributed by atoms with van der Waals surface area (Å²) in [5, 5.41) is 2.92. The van der Waals surface area contributed by atoms with Crippen molar-refractivity contribution in [3.8, 4) is 0 Å². The van der Waals surface area contributed by atoms with Gasteiger partial charge >= 0.3 is 6.09 Å². The molecule has 0 aromatic carbocycles. The molecule has 1 unspecified atom stereocenters. The van der Waals surface area contributed by atoms with Crippen LogP contribution in [0.25, 0.3) is 0 Å². The summed E-state index contributed by atoms with van der Waals surface area (Å²) in [4.78, 5) is 27.4. The molecule has 2 fully saturated rings. The minimum Gasteiger partial charge on any atom is -0.444 e. The first-order chi connectivity index (χ1) is 11.8. The van der Waals surface area contributed by atoms with Crippen molar-refractivity contribution in [3.05, 3.63) is 0 Å². The van der Waals surface area contributed by atoms with Crippen LogP contribution in [0.4, 0.5) is 4.79 Å². The third-order valence-electron chi connectivity index (χ3n) is 5.27. The molecule has 1 N–H and O–H groups in total. The minimum absolute atomic E-state index is 0.0113. The fraction of sp³-hybridized carbons (Fsp3) is 0.895. The van der Waals surface area contributed by atoms with E-state index in [-0.39, 0.29) is 29.3 Å². The van der Waals surface area contributed by atoms with Crippen LogP contribution in [0.3, 0.4) is 0 Å². The second kappa shape index (κ2) is 7.15. The number of rotatable bonds is 3. The molecule has 26 heavy (non-hydrogen) atoms. The van der Waals surface area contributed by atoms with Gasteiger partial charge in [-0.1, -0.05) is 20.8 Å². The fourth-order valence-corrected chi connectivity index (χ4v) is 5.19. The highest BCUT2D eigenvalue weighted by Gasteiger charge is 2.59. The molecule has 0 spiro atoms. The fourth-order valence-electron chi connectivity index (χ4n) is 3.99. The van der Waals surface area contributed by atoms with Crippen LogP contribution in [-0.4, -0.2) is 50.4 Å². The zero-order chi connectivity index (χ0) is 19.9. The maximum Gasteiger partial charge on any atom is 0.412 e. The van der Waals surface area contributed by atoms with Crippen LogP contribution in [0.5, 0.6) is 0 Å². The Bertz CT molecular complexity index is 553. The highest BCUT2D eigenvalue weighted by Crippen LogP contribution is 2.48. The summed E-state index contributed by atoms with van der Waals surface area (Å²) in [6.45, 7) is 17.5. The largest absolute Gasteiger partial charge is 0.444 e. The smallest absolute Gasteiger partial charge is 0.412 e. The summed E-state index contributed by atoms with van der Waals surface area (Å²) < 4.78 is 12.2. The Morgan fingerprint density at radius 1 is 1.23 bits per heavy atom. The molecule has 0 aromatic heterocycles. The SMILES string of the molecule is C[SiH](C)O[C@]1(C2CCNC2=O)C[C@H](C(C)(C)C)CN1C(=O)OC(C)(C)C. The number of hydrogen-bond acceptors (Lipinski definition) is 4. The van der Waals surface area contributed by atoms with E-state index in [1.165, 1.54) is 0 Å². The molecule has 0 aliphatic carbocycles. The van der Waals surface area contributed by atoms with Gasteiger partial charge in [-0.25, -0.2) is 4.79 Å². The van der Waals surface area contributed by atoms with Crippen LogP contribution in [0.15, 0.2) is 0 Å². The van der Waals surface area contributed by atoms with Gasteiger partial charge in [-0.05, 0) is 51.6 Å². The molecule has 0 radical (unpaired) electrons. The Kier molecular flexibility index (Phi) is 5.83. The summed E-state index contributed by atoms with van der Waals surface area (Å²) in [6.07, 6.45) is 0.994. The zero-order valence-corrected chi connectivity index (χ0v) is 18.8. The average molecular weight is 385 g/mol. The highest BCUT2D eigenvalue weighted by atomic mass is 28.3. The van der Waals surface area contributed by atoms with E-state index in [4.69, 9.17) is 9.16 Å². The number of likely N-dealkylation sites (tertiary alicyclic amines) is 1. The number of carbonyl (C=O) groups excluding carboxylic acids is 2. The second-order valence-corrected chi connectivity index (χ2v) is 12.3. The summed E-state index contributed by atoms with van der Waals surface area (Å²) in [5.41, 5.74) is -1.46. The average Bonchev–Trinajstić information content (AvgIpc) is 3.00. The molecule has 6 nitrogen and oxygen atoms in total. The Morgan fingerprint density at radius 2 is 1.85 bits per heavy atom. The number of nitrogens with one attached hydrogen (secondary N) is 1. The van der Waals surface area contributed by atoms with Gasteiger partial charge in [0.25, 0.3) is 0 Å². The van der Waals surface area contributed by atoms with Crippen molar-refractivity contribution >= 4 is 21.0 Å². The molecule has 2 rings (SSSR count). The molecule has 3 atom stereocenters. The molecule has 150 valence electrons. The first-order valence-corrected chi connectivity index (χ1v) is 12.5. The predicted octanol–water partition coefficient (Wildman–Crippen LogP) is 3.12. The van der Waals surface area contributed by atoms with Gasteiger partial charge in [-0.3, -0.25) is 9.69 Å². The molecule has 7 heteroatoms. The molecule has 2 aliphatic heterocycles. The van der Waals surface area contributed by atoms with E-state index in [0.717, 1.165) is 0 Å². The van der Waals surface area contributed by atoms with Crippen molar-refractivity contribution in [2.24, 2.45) is 17.3 Å². The number of nitrogens with zero attached hydrogens (tertiary/aromatic N) is 1. The van der Waals surface area contributed by atoms with Crippen molar-refractivity contribution in [3.63, 3.8) is 0 Å². The normalized spacial score (nSPS) is 30.0. The number of ether oxygens (including phenoxy) is 1. The first kappa shape index (κ1) is 21.2. The zero-order valence-electron chi connectivity index (χ0n) is 17.6. The minimum atomic E-state index is -1.52. The summed E-state index contributed by atoms with van der Waals surface area (Å²) in [5.74, 6) is -0.101. The molecule has 2 amide bonds. The van der Waals surface area contributed by atoms with Gasteiger partial charge in [0.05, 0.1) is 5.92 Å². The van der Waals surface area contributed by atoms with Gasteiger partial charge in [0.1, 0.15) is 11.3 Å². The van der Waals surface area contributed by atoms with Gasteiger partial charge in [-0.15, -0.1) is 0 Å². The van der Waals surface area contributed by atoms with E-state index in [1.807, 2.05) is 20.8 Å². The van der Waals surface area contributed by atoms with Crippen LogP contribution in [-0.2, 0) is 14.0 Å². The Hall–Kier alpha value is -1.08. The number of amides is 2. The third-order valence-corrected chi connectivity index (χ3v) is 6.15. The van der Waals surface area contributed by atoms with Gasteiger partial charge in [0.15, 0.2) is 9.04 Å². The maximum atomic E-state index is 13.1. The molecule has 2 aliphatic rings. The molecular formula is C19H36N2O4Si. The van der Waals surface area contributed by atoms with Gasteiger partial charge in [0.2, 0.25) is 5.91 Å². The molecule has 2 heterocycles. The highest BCUT2D eigenvalue weighted by molar-refractivity contribution is 6.48. The van der Waals surface area contributed by atoms with Crippen LogP contribution in [0.2, 0.25) is 13.1 Å². The topological polar surface area (TPSA) is 67.9 Å². The molecule has 0 bridgehead atoms. The predicted molar refractivity (Wildman–Crippen MR) is 104 cm³/mol. The molecular weight excluding hydrogens is 348 g/mol. The van der Waals surface area contributed by atoms with Gasteiger partial charge in [-0.2, -0.15) is 0 Å². The van der Waals surface area contributed by atoms with E-state index >= 15 is 0 Å². The standard InChI is InChI=1S/C19H36N2O4Si/c1-17(2,3)13-11-19(25-26(7)8,14-9-10-20-15(14)22)21(12-13)16(23)24-18(4,5)6/h13-14,26H,9-12H2,1-8H3,(H,20,22)/t13-,14?,19-/m0/s1. The second-order valence-electron chi connectivity index (χ2n) is 10.0. The maximum absolute atomic E-state index is 13.1. The lowest BCUT2D eigenvalue weighted by atomic mass is 9.77. The lowest BCUT2D eigenvalue weighted by Gasteiger charge is -2.43. The van der Waals surface area contributed by atoms with Crippen LogP contribution < -0.4 is 5.32 Å². The molecule has 0 saturated carbocycles. The van der Waals surface area contributed by atoms with Crippen LogP contribution in [0.1, 0.15) is 54.4 Å². The monoisotopic (exact) mass is 384 g/mol. The molecule has 2 saturated heterocycles. The van der Waals surface area contributed by atoms with E-state index in [2.05, 4.69) is 39.2 Å². The number of carbonyl (C=O) groups is 2. The third kappa shape index (κ3) is 4.42. The first-order valence-electron chi connectivity index (χ1n) is 9.72. The van der Waals surface area contributed by atoms with Crippen molar-refractivity contribution in [2.75, 3.05) is 13.1 Å². The quantitative estimate of drug-likeness (QED) is 0.759. The van der Waals surface area contributed by atoms with Crippen molar-refractivity contribution in [1.29, 1.82) is 0 Å². The lowest BCUT2D eigenvalue weighted by Crippen LogP contribution is -2.58. The van der Waals surface area contributed by atoms with E-state index in [0.29, 0.717) is 25.9 Å². The Balaban J connectivity index is 2.47. The van der Waals surface area contributed by atoms with Crippen molar-refractivity contribution < 1.29 is 18.8 Å². The van der Waals surface area contributed by atoms with E-state index < -0.39 is 20.4 Å². The summed E-state index contributed by atoms with van der Waals surface area (Å²) in [7, 11) is -1.52. The van der Waals surface area contributed by atoms with Gasteiger partial charge in [0, 0.05) is 19.5 Å². The summed E-state index contributed by atoms with van der Waals surface area (Å²) >= 11 is 0. The van der Waals surface area contributed by atoms with E-state index in [9.17, 15) is 9.59 Å².